The van der Waals surface area contributed by atoms with Crippen molar-refractivity contribution in [2.24, 2.45) is 0 Å². The third kappa shape index (κ3) is 4.00. The van der Waals surface area contributed by atoms with Crippen LogP contribution in [0.1, 0.15) is 5.82 Å². The third-order valence-electron chi connectivity index (χ3n) is 3.97. The summed E-state index contributed by atoms with van der Waals surface area (Å²) in [6.07, 6.45) is -3.64. The number of hydrogen-bond acceptors (Lipinski definition) is 4. The van der Waals surface area contributed by atoms with Crippen molar-refractivity contribution in [3.8, 4) is 28.3 Å². The molecule has 0 atom stereocenters. The maximum atomic E-state index is 13.2. The molecule has 0 aliphatic rings. The van der Waals surface area contributed by atoms with Crippen molar-refractivity contribution in [1.29, 1.82) is 0 Å². The van der Waals surface area contributed by atoms with Gasteiger partial charge < -0.3 is 9.72 Å². The van der Waals surface area contributed by atoms with E-state index >= 15 is 0 Å². The lowest BCUT2D eigenvalue weighted by Gasteiger charge is -2.07. The maximum Gasteiger partial charge on any atom is 0.449 e. The molecule has 0 aliphatic carbocycles. The second-order valence-corrected chi connectivity index (χ2v) is 8.38. The number of sulfone groups is 1. The second kappa shape index (κ2) is 7.14. The van der Waals surface area contributed by atoms with Crippen LogP contribution in [-0.2, 0) is 16.0 Å². The number of ether oxygens (including phenoxy) is 1. The standard InChI is InChI=1S/C18H14ClF3N2O3S/c1-27-14-8-5-11(9-13(14)19)16-15(23-17(24-16)18(20,21)22)10-3-6-12(7-4-10)28(2,25)26/h3-9H,1-2H3,(H,23,24). The van der Waals surface area contributed by atoms with Crippen LogP contribution in [0.15, 0.2) is 47.4 Å². The van der Waals surface area contributed by atoms with Gasteiger partial charge in [0.1, 0.15) is 5.75 Å². The van der Waals surface area contributed by atoms with Crippen LogP contribution < -0.4 is 4.74 Å². The average molecular weight is 431 g/mol. The summed E-state index contributed by atoms with van der Waals surface area (Å²) in [7, 11) is -2.01. The van der Waals surface area contributed by atoms with E-state index in [0.717, 1.165) is 6.26 Å². The number of methoxy groups -OCH3 is 1. The number of nitrogens with zero attached hydrogens (tertiary/aromatic N) is 1. The molecular weight excluding hydrogens is 417 g/mol. The molecule has 1 heterocycles. The molecule has 0 bridgehead atoms. The molecule has 0 unspecified atom stereocenters. The predicted molar refractivity (Wildman–Crippen MR) is 99.1 cm³/mol. The fraction of sp³-hybridized carbons (Fsp3) is 0.167. The summed E-state index contributed by atoms with van der Waals surface area (Å²) in [6.45, 7) is 0. The number of alkyl halides is 3. The van der Waals surface area contributed by atoms with Crippen LogP contribution in [0.25, 0.3) is 22.5 Å². The molecule has 5 nitrogen and oxygen atoms in total. The normalized spacial score (nSPS) is 12.2. The Kier molecular flexibility index (Phi) is 5.16. The van der Waals surface area contributed by atoms with Crippen LogP contribution in [-0.4, -0.2) is 31.8 Å². The second-order valence-electron chi connectivity index (χ2n) is 5.95. The molecule has 0 spiro atoms. The largest absolute Gasteiger partial charge is 0.495 e. The summed E-state index contributed by atoms with van der Waals surface area (Å²) in [5, 5.41) is 0.224. The van der Waals surface area contributed by atoms with E-state index in [2.05, 4.69) is 9.97 Å². The van der Waals surface area contributed by atoms with Gasteiger partial charge in [-0.25, -0.2) is 13.4 Å². The number of benzene rings is 2. The molecule has 28 heavy (non-hydrogen) atoms. The van der Waals surface area contributed by atoms with E-state index < -0.39 is 21.8 Å². The Morgan fingerprint density at radius 3 is 2.18 bits per heavy atom. The van der Waals surface area contributed by atoms with Gasteiger partial charge in [0.2, 0.25) is 5.82 Å². The van der Waals surface area contributed by atoms with Crippen LogP contribution in [0.3, 0.4) is 0 Å². The molecule has 3 rings (SSSR count). The lowest BCUT2D eigenvalue weighted by Crippen LogP contribution is -2.07. The minimum absolute atomic E-state index is 0.0219. The zero-order valence-electron chi connectivity index (χ0n) is 14.6. The Bertz CT molecular complexity index is 1120. The van der Waals surface area contributed by atoms with E-state index in [1.165, 1.54) is 43.5 Å². The molecular formula is C18H14ClF3N2O3S. The van der Waals surface area contributed by atoms with Crippen molar-refractivity contribution >= 4 is 21.4 Å². The zero-order chi connectivity index (χ0) is 20.7. The average Bonchev–Trinajstić information content (AvgIpc) is 3.07. The SMILES string of the molecule is COc1ccc(-c2[nH]c(C(F)(F)F)nc2-c2ccc(S(C)(=O)=O)cc2)cc1Cl. The molecule has 0 saturated carbocycles. The fourth-order valence-corrected chi connectivity index (χ4v) is 3.50. The first-order chi connectivity index (χ1) is 13.0. The highest BCUT2D eigenvalue weighted by Crippen LogP contribution is 2.38. The monoisotopic (exact) mass is 430 g/mol. The van der Waals surface area contributed by atoms with Gasteiger partial charge in [-0.3, -0.25) is 0 Å². The number of halogens is 4. The number of rotatable bonds is 4. The van der Waals surface area contributed by atoms with Crippen LogP contribution >= 0.6 is 11.6 Å². The first-order valence-corrected chi connectivity index (χ1v) is 10.1. The van der Waals surface area contributed by atoms with Crippen LogP contribution in [0, 0.1) is 0 Å². The van der Waals surface area contributed by atoms with Crippen molar-refractivity contribution in [2.45, 2.75) is 11.1 Å². The van der Waals surface area contributed by atoms with E-state index in [4.69, 9.17) is 16.3 Å². The first kappa shape index (κ1) is 20.2. The highest BCUT2D eigenvalue weighted by Gasteiger charge is 2.36. The molecule has 0 radical (unpaired) electrons. The summed E-state index contributed by atoms with van der Waals surface area (Å²) in [4.78, 5) is 6.03. The molecule has 0 aliphatic heterocycles. The zero-order valence-corrected chi connectivity index (χ0v) is 16.2. The minimum Gasteiger partial charge on any atom is -0.495 e. The number of aromatic nitrogens is 2. The van der Waals surface area contributed by atoms with Crippen LogP contribution in [0.2, 0.25) is 5.02 Å². The molecule has 0 fully saturated rings. The number of aromatic amines is 1. The Labute approximate surface area is 164 Å². The van der Waals surface area contributed by atoms with Crippen molar-refractivity contribution in [2.75, 3.05) is 13.4 Å². The molecule has 3 aromatic rings. The van der Waals surface area contributed by atoms with Gasteiger partial charge >= 0.3 is 6.18 Å². The smallest absolute Gasteiger partial charge is 0.449 e. The van der Waals surface area contributed by atoms with Crippen LogP contribution in [0.4, 0.5) is 13.2 Å². The maximum absolute atomic E-state index is 13.2. The molecule has 1 aromatic heterocycles. The highest BCUT2D eigenvalue weighted by atomic mass is 35.5. The Morgan fingerprint density at radius 1 is 1.07 bits per heavy atom. The van der Waals surface area contributed by atoms with Crippen molar-refractivity contribution in [3.63, 3.8) is 0 Å². The summed E-state index contributed by atoms with van der Waals surface area (Å²) in [5.41, 5.74) is 0.815. The summed E-state index contributed by atoms with van der Waals surface area (Å²) in [6, 6.07) is 9.98. The van der Waals surface area contributed by atoms with Gasteiger partial charge in [-0.05, 0) is 30.3 Å². The molecule has 1 N–H and O–H groups in total. The third-order valence-corrected chi connectivity index (χ3v) is 5.39. The number of hydrogen-bond donors (Lipinski definition) is 1. The number of nitrogens with one attached hydrogen (secondary N) is 1. The number of H-pyrrole nitrogens is 1. The minimum atomic E-state index is -4.68. The van der Waals surface area contributed by atoms with E-state index in [0.29, 0.717) is 16.9 Å². The van der Waals surface area contributed by atoms with Gasteiger partial charge in [0, 0.05) is 17.4 Å². The highest BCUT2D eigenvalue weighted by molar-refractivity contribution is 7.90. The Balaban J connectivity index is 2.18. The molecule has 10 heteroatoms. The van der Waals surface area contributed by atoms with Gasteiger partial charge in [-0.1, -0.05) is 23.7 Å². The van der Waals surface area contributed by atoms with E-state index in [1.807, 2.05) is 0 Å². The predicted octanol–water partition coefficient (Wildman–Crippen LogP) is 4.83. The van der Waals surface area contributed by atoms with E-state index in [1.54, 1.807) is 6.07 Å². The summed E-state index contributed by atoms with van der Waals surface area (Å²) in [5.74, 6) is -0.795. The van der Waals surface area contributed by atoms with Gasteiger partial charge in [-0.2, -0.15) is 13.2 Å². The molecule has 0 amide bonds. The van der Waals surface area contributed by atoms with E-state index in [9.17, 15) is 21.6 Å². The lowest BCUT2D eigenvalue weighted by molar-refractivity contribution is -0.144. The molecule has 0 saturated heterocycles. The van der Waals surface area contributed by atoms with Crippen molar-refractivity contribution < 1.29 is 26.3 Å². The van der Waals surface area contributed by atoms with Gasteiger partial charge in [0.25, 0.3) is 0 Å². The lowest BCUT2D eigenvalue weighted by atomic mass is 10.0. The Morgan fingerprint density at radius 2 is 1.68 bits per heavy atom. The van der Waals surface area contributed by atoms with Crippen molar-refractivity contribution in [1.82, 2.24) is 9.97 Å². The summed E-state index contributed by atoms with van der Waals surface area (Å²) >= 11 is 6.10. The number of imidazole rings is 1. The quantitative estimate of drug-likeness (QED) is 0.643. The Hall–Kier alpha value is -2.52. The van der Waals surface area contributed by atoms with Crippen LogP contribution in [0.5, 0.6) is 5.75 Å². The van der Waals surface area contributed by atoms with Gasteiger partial charge in [0.15, 0.2) is 9.84 Å². The molecule has 2 aromatic carbocycles. The van der Waals surface area contributed by atoms with Gasteiger partial charge in [0.05, 0.1) is 28.4 Å². The van der Waals surface area contributed by atoms with Gasteiger partial charge in [-0.15, -0.1) is 0 Å². The topological polar surface area (TPSA) is 72.0 Å². The van der Waals surface area contributed by atoms with Crippen molar-refractivity contribution in [3.05, 3.63) is 53.3 Å². The van der Waals surface area contributed by atoms with E-state index in [-0.39, 0.29) is 21.3 Å². The fourth-order valence-electron chi connectivity index (χ4n) is 2.61. The first-order valence-electron chi connectivity index (χ1n) is 7.82. The molecule has 148 valence electrons. The summed E-state index contributed by atoms with van der Waals surface area (Å²) < 4.78 is 67.9.